The first-order valence-electron chi connectivity index (χ1n) is 9.60. The molecule has 0 heterocycles. The molecule has 0 amide bonds. The molecule has 0 spiro atoms. The van der Waals surface area contributed by atoms with Crippen LogP contribution < -0.4 is 55.6 Å². The third-order valence-corrected chi connectivity index (χ3v) is 7.98. The van der Waals surface area contributed by atoms with Crippen LogP contribution in [0, 0.1) is 23.2 Å². The molecule has 1 aromatic rings. The van der Waals surface area contributed by atoms with Gasteiger partial charge in [0.05, 0.1) is 0 Å². The van der Waals surface area contributed by atoms with Crippen molar-refractivity contribution in [1.29, 1.82) is 0 Å². The molecule has 0 N–H and O–H groups in total. The van der Waals surface area contributed by atoms with Crippen LogP contribution in [-0.2, 0) is 16.8 Å². The average Bonchev–Trinajstić information content (AvgIpc) is 2.89. The standard InChI is InChI=1S/C20H28O4S.K/c1-3-14-5-9-19-18-7-4-13-12-15(24-25(21,22)23)6-8-16(13)17(18)10-11-20(14,19)2;/h6,8,12,14,17-19H,3-5,7,9-11H2,1-2H3,(H,21,22,23);/q;+1/p-1/t14-,17+,18+,19-,20+;/m0./s1. The van der Waals surface area contributed by atoms with Gasteiger partial charge in [0, 0.05) is 0 Å². The summed E-state index contributed by atoms with van der Waals surface area (Å²) >= 11 is 0. The Labute approximate surface area is 199 Å². The van der Waals surface area contributed by atoms with Gasteiger partial charge in [0.15, 0.2) is 0 Å². The molecular weight excluding hydrogens is 375 g/mol. The van der Waals surface area contributed by atoms with E-state index in [0.29, 0.717) is 11.3 Å². The largest absolute Gasteiger partial charge is 1.00 e. The fourth-order valence-corrected chi connectivity index (χ4v) is 6.85. The number of rotatable bonds is 3. The van der Waals surface area contributed by atoms with Gasteiger partial charge in [0.25, 0.3) is 10.4 Å². The molecule has 2 fully saturated rings. The van der Waals surface area contributed by atoms with Crippen LogP contribution in [0.4, 0.5) is 0 Å². The predicted octanol–water partition coefficient (Wildman–Crippen LogP) is 1.41. The molecule has 1 aromatic carbocycles. The topological polar surface area (TPSA) is 66.4 Å². The molecule has 2 saturated carbocycles. The Kier molecular flexibility index (Phi) is 6.36. The molecule has 0 unspecified atom stereocenters. The van der Waals surface area contributed by atoms with Crippen LogP contribution in [0.3, 0.4) is 0 Å². The summed E-state index contributed by atoms with van der Waals surface area (Å²) in [6.07, 6.45) is 8.68. The van der Waals surface area contributed by atoms with E-state index < -0.39 is 10.4 Å². The van der Waals surface area contributed by atoms with Crippen LogP contribution in [-0.4, -0.2) is 13.0 Å². The second-order valence-electron chi connectivity index (χ2n) is 8.49. The second-order valence-corrected chi connectivity index (χ2v) is 9.48. The summed E-state index contributed by atoms with van der Waals surface area (Å²) in [4.78, 5) is 0. The molecule has 0 bridgehead atoms. The van der Waals surface area contributed by atoms with Gasteiger partial charge in [-0.3, -0.25) is 0 Å². The molecule has 3 aliphatic rings. The van der Waals surface area contributed by atoms with E-state index in [9.17, 15) is 13.0 Å². The monoisotopic (exact) mass is 402 g/mol. The van der Waals surface area contributed by atoms with E-state index in [-0.39, 0.29) is 57.1 Å². The van der Waals surface area contributed by atoms with E-state index in [0.717, 1.165) is 29.7 Å². The van der Waals surface area contributed by atoms with Crippen molar-refractivity contribution in [2.45, 2.75) is 64.7 Å². The van der Waals surface area contributed by atoms with Gasteiger partial charge in [-0.2, -0.15) is 0 Å². The first-order valence-corrected chi connectivity index (χ1v) is 10.9. The second kappa shape index (κ2) is 7.77. The summed E-state index contributed by atoms with van der Waals surface area (Å²) in [5, 5.41) is 0. The molecule has 0 aliphatic heterocycles. The minimum Gasteiger partial charge on any atom is -0.716 e. The molecule has 0 aromatic heterocycles. The van der Waals surface area contributed by atoms with Gasteiger partial charge in [0.2, 0.25) is 0 Å². The van der Waals surface area contributed by atoms with Crippen LogP contribution in [0.1, 0.15) is 69.4 Å². The van der Waals surface area contributed by atoms with Gasteiger partial charge in [-0.05, 0) is 90.9 Å². The maximum Gasteiger partial charge on any atom is 1.00 e. The zero-order valence-corrected chi connectivity index (χ0v) is 20.0. The van der Waals surface area contributed by atoms with Crippen molar-refractivity contribution < 1.29 is 68.5 Å². The number of benzene rings is 1. The molecule has 0 radical (unpaired) electrons. The number of aryl methyl sites for hydroxylation is 1. The van der Waals surface area contributed by atoms with Gasteiger partial charge >= 0.3 is 51.4 Å². The Hall–Kier alpha value is 0.566. The van der Waals surface area contributed by atoms with Crippen molar-refractivity contribution in [1.82, 2.24) is 0 Å². The summed E-state index contributed by atoms with van der Waals surface area (Å²) in [5.74, 6) is 3.17. The molecule has 0 saturated heterocycles. The van der Waals surface area contributed by atoms with Crippen LogP contribution in [0.25, 0.3) is 0 Å². The van der Waals surface area contributed by atoms with E-state index in [4.69, 9.17) is 0 Å². The molecule has 3 aliphatic carbocycles. The average molecular weight is 403 g/mol. The van der Waals surface area contributed by atoms with Crippen LogP contribution in [0.2, 0.25) is 0 Å². The van der Waals surface area contributed by atoms with Gasteiger partial charge in [0.1, 0.15) is 5.75 Å². The number of hydrogen-bond donors (Lipinski definition) is 0. The van der Waals surface area contributed by atoms with Gasteiger partial charge in [-0.1, -0.05) is 26.3 Å². The zero-order chi connectivity index (χ0) is 17.8. The Morgan fingerprint density at radius 3 is 2.69 bits per heavy atom. The fourth-order valence-electron chi connectivity index (χ4n) is 6.51. The maximum atomic E-state index is 10.8. The zero-order valence-electron chi connectivity index (χ0n) is 16.0. The Bertz CT molecular complexity index is 778. The normalized spacial score (nSPS) is 35.7. The summed E-state index contributed by atoms with van der Waals surface area (Å²) < 4.78 is 37.0. The van der Waals surface area contributed by atoms with Crippen molar-refractivity contribution in [3.63, 3.8) is 0 Å². The molecule has 138 valence electrons. The number of hydrogen-bond acceptors (Lipinski definition) is 4. The van der Waals surface area contributed by atoms with Crippen molar-refractivity contribution in [2.75, 3.05) is 0 Å². The molecular formula is C20H27KO4S. The van der Waals surface area contributed by atoms with E-state index in [2.05, 4.69) is 18.0 Å². The van der Waals surface area contributed by atoms with Crippen LogP contribution >= 0.6 is 0 Å². The van der Waals surface area contributed by atoms with Crippen LogP contribution in [0.15, 0.2) is 18.2 Å². The smallest absolute Gasteiger partial charge is 0.716 e. The van der Waals surface area contributed by atoms with Gasteiger partial charge in [-0.25, -0.2) is 8.42 Å². The van der Waals surface area contributed by atoms with E-state index in [1.807, 2.05) is 6.07 Å². The minimum absolute atomic E-state index is 0. The molecule has 6 heteroatoms. The van der Waals surface area contributed by atoms with Gasteiger partial charge < -0.3 is 8.74 Å². The summed E-state index contributed by atoms with van der Waals surface area (Å²) in [5.41, 5.74) is 3.03. The third kappa shape index (κ3) is 3.72. The van der Waals surface area contributed by atoms with E-state index in [1.54, 1.807) is 12.1 Å². The molecule has 4 nitrogen and oxygen atoms in total. The molecule has 4 rings (SSSR count). The van der Waals surface area contributed by atoms with Crippen molar-refractivity contribution >= 4 is 10.4 Å². The first-order chi connectivity index (χ1) is 11.8. The van der Waals surface area contributed by atoms with Crippen molar-refractivity contribution in [3.8, 4) is 5.75 Å². The Balaban J connectivity index is 0.00000196. The van der Waals surface area contributed by atoms with Crippen LogP contribution in [0.5, 0.6) is 5.75 Å². The first kappa shape index (κ1) is 21.3. The van der Waals surface area contributed by atoms with Crippen molar-refractivity contribution in [2.24, 2.45) is 23.2 Å². The predicted molar refractivity (Wildman–Crippen MR) is 95.2 cm³/mol. The summed E-state index contributed by atoms with van der Waals surface area (Å²) in [7, 11) is -4.71. The SMILES string of the molecule is CC[C@H]1CC[C@H]2[C@@H]3CCc4cc(OS(=O)(=O)[O-])ccc4[C@H]3CC[C@]12C.[K+]. The fraction of sp³-hybridized carbons (Fsp3) is 0.700. The molecule has 26 heavy (non-hydrogen) atoms. The molecule has 5 atom stereocenters. The Morgan fingerprint density at radius 1 is 1.23 bits per heavy atom. The van der Waals surface area contributed by atoms with Crippen molar-refractivity contribution in [3.05, 3.63) is 29.3 Å². The number of fused-ring (bicyclic) bond motifs is 5. The summed E-state index contributed by atoms with van der Waals surface area (Å²) in [6.45, 7) is 4.87. The minimum atomic E-state index is -4.71. The third-order valence-electron chi connectivity index (χ3n) is 7.59. The van der Waals surface area contributed by atoms with Gasteiger partial charge in [-0.15, -0.1) is 0 Å². The Morgan fingerprint density at radius 2 is 2.00 bits per heavy atom. The summed E-state index contributed by atoms with van der Waals surface area (Å²) in [6, 6.07) is 5.41. The van der Waals surface area contributed by atoms with E-state index in [1.165, 1.54) is 44.1 Å². The van der Waals surface area contributed by atoms with E-state index >= 15 is 0 Å². The quantitative estimate of drug-likeness (QED) is 0.436. The maximum absolute atomic E-state index is 10.8.